The number of aliphatic hydroxyl groups is 1. The van der Waals surface area contributed by atoms with E-state index in [1.54, 1.807) is 23.5 Å². The van der Waals surface area contributed by atoms with Gasteiger partial charge in [-0.05, 0) is 36.6 Å². The van der Waals surface area contributed by atoms with Crippen molar-refractivity contribution in [1.29, 1.82) is 5.53 Å². The highest BCUT2D eigenvalue weighted by Crippen LogP contribution is 2.45. The molecular weight excluding hydrogens is 537 g/mol. The van der Waals surface area contributed by atoms with Crippen LogP contribution in [0.25, 0.3) is 16.8 Å². The highest BCUT2D eigenvalue weighted by atomic mass is 35.5. The third-order valence-corrected chi connectivity index (χ3v) is 7.91. The van der Waals surface area contributed by atoms with Crippen molar-refractivity contribution in [3.63, 3.8) is 0 Å². The zero-order chi connectivity index (χ0) is 27.0. The van der Waals surface area contributed by atoms with Crippen LogP contribution < -0.4 is 5.32 Å². The standard InChI is InChI=1S/C24H21ClFN7O4S/c1-37-22(34)20-19(26)16(10-38-20)18-8-28-23(31-18)24(35)5-4-12-6-13(9-33(36)21(12)24)15-7-14(25)2-3-17(15)29-11-30-32-27/h2-3,7-12,35H,4-6H2,1H3,(H,28,31)(H2,27,29,30)/p+1. The molecule has 0 bridgehead atoms. The third kappa shape index (κ3) is 4.43. The summed E-state index contributed by atoms with van der Waals surface area (Å²) in [6, 6.07) is 5.25. The average Bonchev–Trinajstić information content (AvgIpc) is 3.62. The molecule has 5 rings (SSSR count). The normalized spacial score (nSPS) is 21.1. The second-order valence-electron chi connectivity index (χ2n) is 8.86. The summed E-state index contributed by atoms with van der Waals surface area (Å²) in [7, 11) is 1.17. The molecule has 2 unspecified atom stereocenters. The zero-order valence-corrected chi connectivity index (χ0v) is 21.5. The molecule has 1 fully saturated rings. The first kappa shape index (κ1) is 25.9. The number of fused-ring (bicyclic) bond motifs is 1. The minimum Gasteiger partial charge on any atom is -0.619 e. The fourth-order valence-electron chi connectivity index (χ4n) is 5.02. The molecule has 3 aromatic rings. The maximum absolute atomic E-state index is 14.8. The lowest BCUT2D eigenvalue weighted by Gasteiger charge is -2.25. The van der Waals surface area contributed by atoms with E-state index in [2.05, 4.69) is 25.0 Å². The Morgan fingerprint density at radius 2 is 2.32 bits per heavy atom. The number of nitrogens with zero attached hydrogens (tertiary/aromatic N) is 4. The van der Waals surface area contributed by atoms with Gasteiger partial charge in [-0.1, -0.05) is 16.7 Å². The summed E-state index contributed by atoms with van der Waals surface area (Å²) >= 11 is 7.14. The first-order valence-electron chi connectivity index (χ1n) is 11.5. The molecule has 0 radical (unpaired) electrons. The lowest BCUT2D eigenvalue weighted by atomic mass is 9.87. The van der Waals surface area contributed by atoms with Crippen LogP contribution in [0.4, 0.5) is 10.1 Å². The van der Waals surface area contributed by atoms with Crippen LogP contribution in [-0.2, 0) is 10.3 Å². The molecule has 1 aliphatic heterocycles. The molecule has 0 spiro atoms. The third-order valence-electron chi connectivity index (χ3n) is 6.74. The number of hydrogen-bond acceptors (Lipinski definition) is 8. The lowest BCUT2D eigenvalue weighted by molar-refractivity contribution is -0.433. The molecule has 2 aromatic heterocycles. The van der Waals surface area contributed by atoms with E-state index in [9.17, 15) is 19.5 Å². The summed E-state index contributed by atoms with van der Waals surface area (Å²) < 4.78 is 20.1. The van der Waals surface area contributed by atoms with Crippen LogP contribution in [0, 0.1) is 22.5 Å². The minimum absolute atomic E-state index is 0.119. The van der Waals surface area contributed by atoms with Crippen molar-refractivity contribution >= 4 is 52.2 Å². The molecule has 1 aliphatic carbocycles. The molecule has 1 aromatic carbocycles. The smallest absolute Gasteiger partial charge is 0.351 e. The highest BCUT2D eigenvalue weighted by molar-refractivity contribution is 7.12. The molecule has 196 valence electrons. The van der Waals surface area contributed by atoms with Gasteiger partial charge in [0.15, 0.2) is 12.0 Å². The Morgan fingerprint density at radius 3 is 3.08 bits per heavy atom. The Balaban J connectivity index is 1.49. The van der Waals surface area contributed by atoms with E-state index < -0.39 is 17.4 Å². The Labute approximate surface area is 224 Å². The van der Waals surface area contributed by atoms with Crippen LogP contribution in [0.1, 0.15) is 40.3 Å². The molecule has 2 aliphatic rings. The van der Waals surface area contributed by atoms with Crippen molar-refractivity contribution in [3.8, 4) is 11.3 Å². The van der Waals surface area contributed by atoms with Gasteiger partial charge < -0.3 is 20.0 Å². The fraction of sp³-hybridized carbons (Fsp3) is 0.250. The summed E-state index contributed by atoms with van der Waals surface area (Å²) in [5.74, 6) is -1.66. The number of quaternary nitrogens is 1. The van der Waals surface area contributed by atoms with Gasteiger partial charge in [0.05, 0.1) is 19.0 Å². The van der Waals surface area contributed by atoms with E-state index in [1.165, 1.54) is 31.2 Å². The number of hydrogen-bond donors (Lipinski definition) is 4. The summed E-state index contributed by atoms with van der Waals surface area (Å²) in [4.78, 5) is 18.8. The highest BCUT2D eigenvalue weighted by Gasteiger charge is 2.54. The number of nitrogens with two attached hydrogens (primary N) is 1. The number of benzene rings is 1. The van der Waals surface area contributed by atoms with E-state index in [-0.39, 0.29) is 40.0 Å². The number of rotatable bonds is 7. The van der Waals surface area contributed by atoms with Crippen molar-refractivity contribution < 1.29 is 29.1 Å². The summed E-state index contributed by atoms with van der Waals surface area (Å²) in [5.41, 5.74) is 8.00. The van der Waals surface area contributed by atoms with Crippen molar-refractivity contribution in [2.24, 2.45) is 16.2 Å². The lowest BCUT2D eigenvalue weighted by Crippen LogP contribution is -2.76. The number of halogens is 2. The molecule has 14 heteroatoms. The van der Waals surface area contributed by atoms with Gasteiger partial charge in [0.25, 0.3) is 0 Å². The van der Waals surface area contributed by atoms with Gasteiger partial charge >= 0.3 is 5.97 Å². The molecule has 0 saturated heterocycles. The number of H-pyrrole nitrogens is 1. The quantitative estimate of drug-likeness (QED) is 0.0504. The zero-order valence-electron chi connectivity index (χ0n) is 19.9. The molecule has 5 N–H and O–H groups in total. The van der Waals surface area contributed by atoms with Crippen molar-refractivity contribution in [2.75, 3.05) is 7.11 Å². The van der Waals surface area contributed by atoms with E-state index in [0.717, 1.165) is 28.2 Å². The number of ether oxygens (including phenoxy) is 1. The Kier molecular flexibility index (Phi) is 6.92. The van der Waals surface area contributed by atoms with Gasteiger partial charge in [-0.3, -0.25) is 5.32 Å². The number of carbonyl (C=O) groups is 1. The second kappa shape index (κ2) is 10.2. The average molecular weight is 559 g/mol. The van der Waals surface area contributed by atoms with Crippen LogP contribution in [0.2, 0.25) is 5.02 Å². The van der Waals surface area contributed by atoms with Gasteiger partial charge in [-0.25, -0.2) is 14.2 Å². The first-order chi connectivity index (χ1) is 18.3. The van der Waals surface area contributed by atoms with Crippen LogP contribution in [-0.4, -0.2) is 44.9 Å². The van der Waals surface area contributed by atoms with Crippen LogP contribution in [0.15, 0.2) is 46.3 Å². The van der Waals surface area contributed by atoms with Crippen LogP contribution >= 0.6 is 22.9 Å². The van der Waals surface area contributed by atoms with Crippen molar-refractivity contribution in [3.05, 3.63) is 68.3 Å². The van der Waals surface area contributed by atoms with Crippen LogP contribution in [0.3, 0.4) is 0 Å². The number of aromatic nitrogens is 2. The molecular formula is C24H22ClFN7O4S+. The Morgan fingerprint density at radius 1 is 1.50 bits per heavy atom. The number of thiophene rings is 1. The number of nitrogens with one attached hydrogen (secondary N) is 2. The number of methoxy groups -OCH3 is 1. The largest absolute Gasteiger partial charge is 0.619 e. The van der Waals surface area contributed by atoms with Gasteiger partial charge in [0.2, 0.25) is 17.7 Å². The molecule has 3 heterocycles. The molecule has 11 nitrogen and oxygen atoms in total. The summed E-state index contributed by atoms with van der Waals surface area (Å²) in [6.07, 6.45) is 5.41. The molecule has 0 amide bonds. The number of allylic oxidation sites excluding steroid dienone is 1. The van der Waals surface area contributed by atoms with E-state index in [1.807, 2.05) is 0 Å². The van der Waals surface area contributed by atoms with E-state index in [0.29, 0.717) is 22.6 Å². The number of esters is 1. The predicted octanol–water partition coefficient (Wildman–Crippen LogP) is 3.88. The van der Waals surface area contributed by atoms with Crippen molar-refractivity contribution in [2.45, 2.75) is 24.9 Å². The fourth-order valence-corrected chi connectivity index (χ4v) is 6.05. The number of carbonyl (C=O) groups excluding carboxylic acids is 1. The molecule has 1 saturated carbocycles. The number of imidazole rings is 1. The predicted molar refractivity (Wildman–Crippen MR) is 138 cm³/mol. The van der Waals surface area contributed by atoms with Crippen molar-refractivity contribution in [1.82, 2.24) is 9.97 Å². The maximum Gasteiger partial charge on any atom is 0.351 e. The number of aromatic amines is 1. The number of hydroxylamine groups is 1. The van der Waals surface area contributed by atoms with Gasteiger partial charge in [-0.15, -0.1) is 11.3 Å². The van der Waals surface area contributed by atoms with E-state index >= 15 is 0 Å². The van der Waals surface area contributed by atoms with Gasteiger partial charge in [-0.2, -0.15) is 10.3 Å². The summed E-state index contributed by atoms with van der Waals surface area (Å²) in [5, 5.41) is 35.1. The topological polar surface area (TPSA) is 166 Å². The molecule has 38 heavy (non-hydrogen) atoms. The monoisotopic (exact) mass is 558 g/mol. The van der Waals surface area contributed by atoms with Gasteiger partial charge in [0.1, 0.15) is 16.4 Å². The Hall–Kier alpha value is -3.78. The van der Waals surface area contributed by atoms with Gasteiger partial charge in [0, 0.05) is 39.1 Å². The minimum atomic E-state index is -1.67. The maximum atomic E-state index is 14.8. The van der Waals surface area contributed by atoms with E-state index in [4.69, 9.17) is 17.1 Å². The molecule has 2 atom stereocenters. The SMILES string of the molecule is COC(=O)c1scc(-c2cnc(C3(O)CCC4CC(c5cc(Cl)ccc5[NH2+]C=NN=N)=C[N+]([O-])=C43)[nH]2)c1F. The van der Waals surface area contributed by atoms with Crippen LogP contribution in [0.5, 0.6) is 0 Å². The second-order valence-corrected chi connectivity index (χ2v) is 10.2. The summed E-state index contributed by atoms with van der Waals surface area (Å²) in [6.45, 7) is 0. The first-order valence-corrected chi connectivity index (χ1v) is 12.7. The Bertz CT molecular complexity index is 1530.